The molecule has 2 heterocycles. The first-order valence-corrected chi connectivity index (χ1v) is 6.22. The number of hydrogen-bond donors (Lipinski definition) is 2. The molecule has 0 spiro atoms. The average Bonchev–Trinajstić information content (AvgIpc) is 2.40. The van der Waals surface area contributed by atoms with Crippen LogP contribution >= 0.6 is 0 Å². The van der Waals surface area contributed by atoms with E-state index >= 15 is 0 Å². The molecule has 2 aliphatic heterocycles. The van der Waals surface area contributed by atoms with Crippen LogP contribution in [0.4, 0.5) is 0 Å². The first-order chi connectivity index (χ1) is 6.73. The number of rotatable bonds is 2. The van der Waals surface area contributed by atoms with Gasteiger partial charge in [-0.1, -0.05) is 19.3 Å². The van der Waals surface area contributed by atoms with Crippen LogP contribution in [0, 0.1) is 5.92 Å². The van der Waals surface area contributed by atoms with E-state index in [-0.39, 0.29) is 5.60 Å². The van der Waals surface area contributed by atoms with E-state index in [1.54, 1.807) is 0 Å². The van der Waals surface area contributed by atoms with Gasteiger partial charge in [0.1, 0.15) is 0 Å². The summed E-state index contributed by atoms with van der Waals surface area (Å²) in [5.74, 6) is 0.845. The average molecular weight is 195 g/mol. The van der Waals surface area contributed by atoms with Crippen molar-refractivity contribution in [3.63, 3.8) is 0 Å². The van der Waals surface area contributed by atoms with E-state index in [1.165, 1.54) is 32.1 Å². The maximum Gasteiger partial charge on any atom is 0.0680 e. The fraction of sp³-hybridized carbons (Fsp3) is 1.00. The van der Waals surface area contributed by atoms with Gasteiger partial charge in [-0.15, -0.1) is 0 Å². The largest absolute Gasteiger partial charge is 0.390 e. The third-order valence-electron chi connectivity index (χ3n) is 4.48. The lowest BCUT2D eigenvalue weighted by atomic mass is 9.73. The fourth-order valence-corrected chi connectivity index (χ4v) is 3.63. The van der Waals surface area contributed by atoms with Gasteiger partial charge in [0.15, 0.2) is 0 Å². The van der Waals surface area contributed by atoms with E-state index in [1.807, 2.05) is 0 Å². The predicted molar refractivity (Wildman–Crippen MR) is 56.1 cm³/mol. The number of aliphatic hydroxyl groups is 1. The number of hydrogen-bond acceptors (Lipinski definition) is 2. The Labute approximate surface area is 86.1 Å². The zero-order valence-corrected chi connectivity index (χ0v) is 8.84. The van der Waals surface area contributed by atoms with Crippen LogP contribution in [0.2, 0.25) is 0 Å². The molecule has 3 aliphatic rings. The van der Waals surface area contributed by atoms with Gasteiger partial charge in [0, 0.05) is 12.1 Å². The van der Waals surface area contributed by atoms with Crippen LogP contribution in [0.1, 0.15) is 51.4 Å². The highest BCUT2D eigenvalue weighted by Gasteiger charge is 2.43. The van der Waals surface area contributed by atoms with E-state index in [0.29, 0.717) is 12.1 Å². The molecule has 2 heteroatoms. The number of nitrogens with one attached hydrogen (secondary N) is 1. The monoisotopic (exact) mass is 195 g/mol. The van der Waals surface area contributed by atoms with Crippen molar-refractivity contribution >= 4 is 0 Å². The van der Waals surface area contributed by atoms with Gasteiger partial charge < -0.3 is 10.4 Å². The Kier molecular flexibility index (Phi) is 2.10. The lowest BCUT2D eigenvalue weighted by Crippen LogP contribution is -2.49. The van der Waals surface area contributed by atoms with Crippen molar-refractivity contribution in [3.05, 3.63) is 0 Å². The summed E-state index contributed by atoms with van der Waals surface area (Å²) in [7, 11) is 0. The van der Waals surface area contributed by atoms with Crippen molar-refractivity contribution in [2.45, 2.75) is 69.1 Å². The van der Waals surface area contributed by atoms with E-state index < -0.39 is 0 Å². The normalized spacial score (nSPS) is 47.8. The molecule has 2 N–H and O–H groups in total. The van der Waals surface area contributed by atoms with Crippen LogP contribution in [0.5, 0.6) is 0 Å². The quantitative estimate of drug-likeness (QED) is 0.704. The molecule has 1 saturated carbocycles. The Morgan fingerprint density at radius 1 is 1.07 bits per heavy atom. The Bertz CT molecular complexity index is 212. The van der Waals surface area contributed by atoms with Crippen LogP contribution in [-0.2, 0) is 0 Å². The summed E-state index contributed by atoms with van der Waals surface area (Å²) < 4.78 is 0. The molecular formula is C12H21NO. The maximum absolute atomic E-state index is 10.5. The highest BCUT2D eigenvalue weighted by atomic mass is 16.3. The summed E-state index contributed by atoms with van der Waals surface area (Å²) in [4.78, 5) is 0. The van der Waals surface area contributed by atoms with Crippen LogP contribution in [0.15, 0.2) is 0 Å². The third kappa shape index (κ3) is 1.59. The topological polar surface area (TPSA) is 32.3 Å². The summed E-state index contributed by atoms with van der Waals surface area (Å²) in [6.45, 7) is 0. The van der Waals surface area contributed by atoms with Crippen molar-refractivity contribution in [2.24, 2.45) is 5.92 Å². The lowest BCUT2D eigenvalue weighted by Gasteiger charge is -2.41. The molecular weight excluding hydrogens is 174 g/mol. The molecule has 0 aromatic rings. The molecule has 2 saturated heterocycles. The molecule has 0 aromatic heterocycles. The molecule has 80 valence electrons. The van der Waals surface area contributed by atoms with Crippen molar-refractivity contribution in [3.8, 4) is 0 Å². The second-order valence-corrected chi connectivity index (χ2v) is 5.77. The molecule has 2 bridgehead atoms. The predicted octanol–water partition coefficient (Wildman–Crippen LogP) is 1.82. The lowest BCUT2D eigenvalue weighted by molar-refractivity contribution is -0.0359. The minimum absolute atomic E-state index is 0.303. The highest BCUT2D eigenvalue weighted by Crippen LogP contribution is 2.42. The zero-order chi connectivity index (χ0) is 9.60. The minimum Gasteiger partial charge on any atom is -0.390 e. The summed E-state index contributed by atoms with van der Waals surface area (Å²) >= 11 is 0. The molecule has 3 rings (SSSR count). The van der Waals surface area contributed by atoms with E-state index in [9.17, 15) is 5.11 Å². The second-order valence-electron chi connectivity index (χ2n) is 5.77. The summed E-state index contributed by atoms with van der Waals surface area (Å²) in [6, 6.07) is 1.25. The smallest absolute Gasteiger partial charge is 0.0680 e. The van der Waals surface area contributed by atoms with Gasteiger partial charge in [-0.3, -0.25) is 0 Å². The Balaban J connectivity index is 1.64. The van der Waals surface area contributed by atoms with Crippen molar-refractivity contribution in [1.82, 2.24) is 5.32 Å². The van der Waals surface area contributed by atoms with Crippen molar-refractivity contribution < 1.29 is 5.11 Å². The van der Waals surface area contributed by atoms with Gasteiger partial charge in [0.05, 0.1) is 5.60 Å². The van der Waals surface area contributed by atoms with Gasteiger partial charge in [0.2, 0.25) is 0 Å². The van der Waals surface area contributed by atoms with Gasteiger partial charge in [-0.05, 0) is 38.0 Å². The molecule has 3 fully saturated rings. The molecule has 2 atom stereocenters. The Morgan fingerprint density at radius 2 is 1.71 bits per heavy atom. The zero-order valence-electron chi connectivity index (χ0n) is 8.84. The van der Waals surface area contributed by atoms with E-state index in [4.69, 9.17) is 0 Å². The molecule has 0 radical (unpaired) electrons. The fourth-order valence-electron chi connectivity index (χ4n) is 3.63. The van der Waals surface area contributed by atoms with Crippen molar-refractivity contribution in [2.75, 3.05) is 0 Å². The van der Waals surface area contributed by atoms with Crippen molar-refractivity contribution in [1.29, 1.82) is 0 Å². The molecule has 0 amide bonds. The minimum atomic E-state index is -0.303. The first-order valence-electron chi connectivity index (χ1n) is 6.22. The SMILES string of the molecule is OC1(CC2CCC2)CC2CCC(C1)N2. The van der Waals surface area contributed by atoms with E-state index in [0.717, 1.165) is 25.2 Å². The van der Waals surface area contributed by atoms with E-state index in [2.05, 4.69) is 5.32 Å². The van der Waals surface area contributed by atoms with Gasteiger partial charge in [0.25, 0.3) is 0 Å². The Hall–Kier alpha value is -0.0800. The first kappa shape index (κ1) is 9.17. The van der Waals surface area contributed by atoms with Crippen LogP contribution < -0.4 is 5.32 Å². The summed E-state index contributed by atoms with van der Waals surface area (Å²) in [6.07, 6.45) is 9.82. The summed E-state index contributed by atoms with van der Waals surface area (Å²) in [5.41, 5.74) is -0.303. The molecule has 2 nitrogen and oxygen atoms in total. The van der Waals surface area contributed by atoms with Gasteiger partial charge in [-0.25, -0.2) is 0 Å². The number of piperidine rings is 1. The highest BCUT2D eigenvalue weighted by molar-refractivity contribution is 5.01. The number of fused-ring (bicyclic) bond motifs is 2. The molecule has 2 unspecified atom stereocenters. The standard InChI is InChI=1S/C12H21NO/c14-12(6-9-2-1-3-9)7-10-4-5-11(8-12)13-10/h9-11,13-14H,1-8H2. The van der Waals surface area contributed by atoms with Crippen LogP contribution in [-0.4, -0.2) is 22.8 Å². The Morgan fingerprint density at radius 3 is 2.21 bits per heavy atom. The molecule has 1 aliphatic carbocycles. The van der Waals surface area contributed by atoms with Crippen LogP contribution in [0.3, 0.4) is 0 Å². The third-order valence-corrected chi connectivity index (χ3v) is 4.48. The molecule has 0 aromatic carbocycles. The summed E-state index contributed by atoms with van der Waals surface area (Å²) in [5, 5.41) is 14.1. The van der Waals surface area contributed by atoms with Gasteiger partial charge in [-0.2, -0.15) is 0 Å². The van der Waals surface area contributed by atoms with Crippen LogP contribution in [0.25, 0.3) is 0 Å². The second kappa shape index (κ2) is 3.21. The molecule has 14 heavy (non-hydrogen) atoms. The van der Waals surface area contributed by atoms with Gasteiger partial charge >= 0.3 is 0 Å². The maximum atomic E-state index is 10.5.